The highest BCUT2D eigenvalue weighted by atomic mass is 127. The van der Waals surface area contributed by atoms with Gasteiger partial charge in [0.25, 0.3) is 0 Å². The Morgan fingerprint density at radius 1 is 1.08 bits per heavy atom. The molecule has 1 aromatic rings. The van der Waals surface area contributed by atoms with E-state index in [-0.39, 0.29) is 5.56 Å². The molecule has 0 aliphatic carbocycles. The zero-order chi connectivity index (χ0) is 9.30. The maximum Gasteiger partial charge on any atom is 0.0726 e. The lowest BCUT2D eigenvalue weighted by Crippen LogP contribution is -2.23. The molecule has 1 rings (SSSR count). The Hall–Kier alpha value is 0.880. The Kier molecular flexibility index (Phi) is 4.02. The molecule has 0 aliphatic rings. The van der Waals surface area contributed by atoms with Crippen molar-refractivity contribution in [1.82, 2.24) is 0 Å². The molecule has 1 aromatic carbocycles. The second kappa shape index (κ2) is 4.40. The monoisotopic (exact) mass is 499 g/mol. The molecule has 0 bridgehead atoms. The quantitative estimate of drug-likeness (QED) is 0.438. The molecule has 0 N–H and O–H groups in total. The van der Waals surface area contributed by atoms with Gasteiger partial charge < -0.3 is 9.90 Å². The minimum Gasteiger partial charge on any atom is -0.545 e. The number of hydrogen-bond acceptors (Lipinski definition) is 2. The van der Waals surface area contributed by atoms with Crippen LogP contribution in [0.25, 0.3) is 0 Å². The van der Waals surface area contributed by atoms with E-state index in [0.29, 0.717) is 0 Å². The number of rotatable bonds is 1. The summed E-state index contributed by atoms with van der Waals surface area (Å²) in [5.41, 5.74) is 0.264. The van der Waals surface area contributed by atoms with Crippen LogP contribution in [-0.2, 0) is 0 Å². The van der Waals surface area contributed by atoms with E-state index in [0.717, 1.165) is 10.7 Å². The van der Waals surface area contributed by atoms with E-state index in [1.807, 2.05) is 28.7 Å². The molecule has 0 aliphatic heterocycles. The fraction of sp³-hybridized carbons (Fsp3) is 0. The number of carbonyl (C=O) groups is 1. The van der Waals surface area contributed by atoms with Gasteiger partial charge in [-0.05, 0) is 79.9 Å². The van der Waals surface area contributed by atoms with Gasteiger partial charge in [0, 0.05) is 16.3 Å². The normalized spacial score (nSPS) is 9.92. The molecule has 0 fully saturated rings. The first kappa shape index (κ1) is 11.0. The van der Waals surface area contributed by atoms with Gasteiger partial charge in [-0.25, -0.2) is 0 Å². The topological polar surface area (TPSA) is 40.1 Å². The Labute approximate surface area is 111 Å². The second-order valence-electron chi connectivity index (χ2n) is 2.03. The van der Waals surface area contributed by atoms with Crippen molar-refractivity contribution < 1.29 is 9.90 Å². The van der Waals surface area contributed by atoms with E-state index < -0.39 is 5.97 Å². The summed E-state index contributed by atoms with van der Waals surface area (Å²) in [5, 5.41) is 10.6. The van der Waals surface area contributed by atoms with Gasteiger partial charge in [-0.15, -0.1) is 0 Å². The predicted molar refractivity (Wildman–Crippen MR) is 68.9 cm³/mol. The molecular formula is C7H2I3O2-. The van der Waals surface area contributed by atoms with Crippen molar-refractivity contribution in [1.29, 1.82) is 0 Å². The van der Waals surface area contributed by atoms with Crippen LogP contribution in [0.3, 0.4) is 0 Å². The average molecular weight is 499 g/mol. The molecule has 2 nitrogen and oxygen atoms in total. The summed E-state index contributed by atoms with van der Waals surface area (Å²) < 4.78 is 2.72. The van der Waals surface area contributed by atoms with E-state index >= 15 is 0 Å². The third kappa shape index (κ3) is 2.44. The molecule has 0 unspecified atom stereocenters. The highest BCUT2D eigenvalue weighted by Gasteiger charge is 2.04. The Balaban J connectivity index is 3.33. The summed E-state index contributed by atoms with van der Waals surface area (Å²) in [6.45, 7) is 0. The molecule has 12 heavy (non-hydrogen) atoms. The number of halogens is 3. The van der Waals surface area contributed by atoms with Crippen LogP contribution in [0, 0.1) is 10.7 Å². The van der Waals surface area contributed by atoms with Gasteiger partial charge in [0.1, 0.15) is 0 Å². The molecule has 0 amide bonds. The Bertz CT molecular complexity index is 336. The fourth-order valence-corrected chi connectivity index (χ4v) is 2.90. The molecule has 0 saturated carbocycles. The van der Waals surface area contributed by atoms with Crippen molar-refractivity contribution in [3.05, 3.63) is 28.4 Å². The van der Waals surface area contributed by atoms with Gasteiger partial charge in [0.15, 0.2) is 0 Å². The van der Waals surface area contributed by atoms with Crippen LogP contribution < -0.4 is 5.11 Å². The van der Waals surface area contributed by atoms with Crippen LogP contribution in [0.1, 0.15) is 10.4 Å². The van der Waals surface area contributed by atoms with E-state index in [1.165, 1.54) is 0 Å². The number of carboxylic acid groups (broad SMARTS) is 1. The lowest BCUT2D eigenvalue weighted by atomic mass is 10.2. The maximum atomic E-state index is 10.6. The maximum absolute atomic E-state index is 10.6. The van der Waals surface area contributed by atoms with E-state index in [4.69, 9.17) is 0 Å². The molecule has 0 heterocycles. The molecule has 5 heteroatoms. The smallest absolute Gasteiger partial charge is 0.0726 e. The number of benzene rings is 1. The largest absolute Gasteiger partial charge is 0.545 e. The third-order valence-electron chi connectivity index (χ3n) is 1.23. The predicted octanol–water partition coefficient (Wildman–Crippen LogP) is 1.86. The number of carboxylic acids is 1. The van der Waals surface area contributed by atoms with Crippen molar-refractivity contribution in [2.24, 2.45) is 0 Å². The SMILES string of the molecule is O=C([O-])c1cc(I)c(I)cc1I. The van der Waals surface area contributed by atoms with Crippen molar-refractivity contribution in [3.8, 4) is 0 Å². The van der Waals surface area contributed by atoms with Crippen molar-refractivity contribution in [3.63, 3.8) is 0 Å². The lowest BCUT2D eigenvalue weighted by molar-refractivity contribution is -0.255. The first-order chi connectivity index (χ1) is 5.52. The van der Waals surface area contributed by atoms with E-state index in [9.17, 15) is 9.90 Å². The van der Waals surface area contributed by atoms with Gasteiger partial charge in [0.05, 0.1) is 5.97 Å². The van der Waals surface area contributed by atoms with E-state index in [1.54, 1.807) is 6.07 Å². The zero-order valence-electron chi connectivity index (χ0n) is 5.61. The molecule has 0 saturated heterocycles. The van der Waals surface area contributed by atoms with Crippen LogP contribution in [0.4, 0.5) is 0 Å². The van der Waals surface area contributed by atoms with Crippen LogP contribution in [0.5, 0.6) is 0 Å². The van der Waals surface area contributed by atoms with Crippen molar-refractivity contribution in [2.75, 3.05) is 0 Å². The lowest BCUT2D eigenvalue weighted by Gasteiger charge is -2.06. The Morgan fingerprint density at radius 3 is 2.08 bits per heavy atom. The average Bonchev–Trinajstić information content (AvgIpc) is 1.96. The number of hydrogen-bond donors (Lipinski definition) is 0. The highest BCUT2D eigenvalue weighted by Crippen LogP contribution is 2.21. The molecule has 0 spiro atoms. The molecule has 0 aromatic heterocycles. The third-order valence-corrected chi connectivity index (χ3v) is 4.94. The molecule has 0 atom stereocenters. The van der Waals surface area contributed by atoms with Crippen LogP contribution in [0.2, 0.25) is 0 Å². The number of carbonyl (C=O) groups excluding carboxylic acids is 1. The van der Waals surface area contributed by atoms with Crippen LogP contribution >= 0.6 is 67.8 Å². The van der Waals surface area contributed by atoms with Gasteiger partial charge in [-0.3, -0.25) is 0 Å². The van der Waals surface area contributed by atoms with Crippen molar-refractivity contribution in [2.45, 2.75) is 0 Å². The van der Waals surface area contributed by atoms with Gasteiger partial charge in [-0.1, -0.05) is 0 Å². The summed E-state index contributed by atoms with van der Waals surface area (Å²) >= 11 is 6.25. The standard InChI is InChI=1S/C7H3I3O2/c8-4-2-6(10)5(9)1-3(4)7(11)12/h1-2H,(H,11,12)/p-1. The highest BCUT2D eigenvalue weighted by molar-refractivity contribution is 14.1. The molecule has 0 radical (unpaired) electrons. The summed E-state index contributed by atoms with van der Waals surface area (Å²) in [5.74, 6) is -1.12. The first-order valence-corrected chi connectivity index (χ1v) is 6.12. The summed E-state index contributed by atoms with van der Waals surface area (Å²) in [6.07, 6.45) is 0. The van der Waals surface area contributed by atoms with Crippen LogP contribution in [0.15, 0.2) is 12.1 Å². The van der Waals surface area contributed by atoms with Gasteiger partial charge >= 0.3 is 0 Å². The number of aromatic carboxylic acids is 1. The molecule has 64 valence electrons. The second-order valence-corrected chi connectivity index (χ2v) is 5.52. The van der Waals surface area contributed by atoms with Crippen molar-refractivity contribution >= 4 is 73.7 Å². The van der Waals surface area contributed by atoms with Gasteiger partial charge in [0.2, 0.25) is 0 Å². The van der Waals surface area contributed by atoms with E-state index in [2.05, 4.69) is 45.2 Å². The first-order valence-electron chi connectivity index (χ1n) is 2.88. The fourth-order valence-electron chi connectivity index (χ4n) is 0.679. The Morgan fingerprint density at radius 2 is 1.58 bits per heavy atom. The zero-order valence-corrected chi connectivity index (χ0v) is 12.1. The van der Waals surface area contributed by atoms with Crippen LogP contribution in [-0.4, -0.2) is 5.97 Å². The molecular weight excluding hydrogens is 497 g/mol. The summed E-state index contributed by atoms with van der Waals surface area (Å²) in [6, 6.07) is 3.45. The minimum atomic E-state index is -1.12. The van der Waals surface area contributed by atoms with Gasteiger partial charge in [-0.2, -0.15) is 0 Å². The minimum absolute atomic E-state index is 0.264. The summed E-state index contributed by atoms with van der Waals surface area (Å²) in [7, 11) is 0. The summed E-state index contributed by atoms with van der Waals surface area (Å²) in [4.78, 5) is 10.6.